The monoisotopic (exact) mass is 384 g/mol. The molecule has 7 nitrogen and oxygen atoms in total. The lowest BCUT2D eigenvalue weighted by Gasteiger charge is -2.11. The van der Waals surface area contributed by atoms with Crippen LogP contribution >= 0.6 is 0 Å². The summed E-state index contributed by atoms with van der Waals surface area (Å²) in [5, 5.41) is 5.41. The fourth-order valence-corrected chi connectivity index (χ4v) is 2.52. The minimum absolute atomic E-state index is 0.0211. The molecule has 0 aliphatic heterocycles. The van der Waals surface area contributed by atoms with Crippen molar-refractivity contribution in [3.8, 4) is 5.75 Å². The van der Waals surface area contributed by atoms with Crippen molar-refractivity contribution in [2.75, 3.05) is 24.4 Å². The molecule has 0 atom stereocenters. The minimum atomic E-state index is -0.610. The zero-order valence-electron chi connectivity index (χ0n) is 16.2. The smallest absolute Gasteiger partial charge is 0.306 e. The van der Waals surface area contributed by atoms with E-state index < -0.39 is 18.5 Å². The van der Waals surface area contributed by atoms with Crippen LogP contribution in [0.3, 0.4) is 0 Å². The number of methoxy groups -OCH3 is 1. The fraction of sp³-hybridized carbons (Fsp3) is 0.286. The Morgan fingerprint density at radius 1 is 0.857 bits per heavy atom. The van der Waals surface area contributed by atoms with E-state index >= 15 is 0 Å². The molecule has 0 heterocycles. The first-order valence-electron chi connectivity index (χ1n) is 8.84. The van der Waals surface area contributed by atoms with Gasteiger partial charge in [-0.05, 0) is 49.2 Å². The lowest BCUT2D eigenvalue weighted by atomic mass is 10.1. The summed E-state index contributed by atoms with van der Waals surface area (Å²) in [6.07, 6.45) is -0.126. The number of hydrogen-bond acceptors (Lipinski definition) is 5. The van der Waals surface area contributed by atoms with E-state index in [4.69, 9.17) is 9.47 Å². The molecule has 7 heteroatoms. The van der Waals surface area contributed by atoms with Crippen molar-refractivity contribution in [3.05, 3.63) is 53.6 Å². The number of hydrogen-bond donors (Lipinski definition) is 2. The lowest BCUT2D eigenvalue weighted by Crippen LogP contribution is -2.22. The van der Waals surface area contributed by atoms with Crippen LogP contribution in [0.1, 0.15) is 24.0 Å². The first-order valence-corrected chi connectivity index (χ1v) is 8.84. The van der Waals surface area contributed by atoms with Gasteiger partial charge in [0.25, 0.3) is 5.91 Å². The number of benzene rings is 2. The largest absolute Gasteiger partial charge is 0.497 e. The molecule has 0 aliphatic rings. The highest BCUT2D eigenvalue weighted by atomic mass is 16.5. The highest BCUT2D eigenvalue weighted by Crippen LogP contribution is 2.19. The molecule has 2 amide bonds. The zero-order valence-corrected chi connectivity index (χ0v) is 16.2. The van der Waals surface area contributed by atoms with Crippen LogP contribution in [-0.2, 0) is 19.1 Å². The van der Waals surface area contributed by atoms with Gasteiger partial charge in [0.05, 0.1) is 13.5 Å². The molecule has 0 aromatic heterocycles. The van der Waals surface area contributed by atoms with Crippen molar-refractivity contribution in [3.63, 3.8) is 0 Å². The van der Waals surface area contributed by atoms with Gasteiger partial charge in [-0.2, -0.15) is 0 Å². The van der Waals surface area contributed by atoms with Crippen LogP contribution in [0.5, 0.6) is 5.75 Å². The van der Waals surface area contributed by atoms with Gasteiger partial charge < -0.3 is 20.1 Å². The Balaban J connectivity index is 1.71. The molecule has 0 spiro atoms. The normalized spacial score (nSPS) is 10.1. The summed E-state index contributed by atoms with van der Waals surface area (Å²) in [4.78, 5) is 35.6. The third kappa shape index (κ3) is 6.42. The standard InChI is InChI=1S/C21H24N2O5/c1-14-5-4-6-15(2)21(14)23-18(24)11-12-20(26)28-13-19(25)22-16-7-9-17(27-3)10-8-16/h4-10H,11-13H2,1-3H3,(H,22,25)(H,23,24). The van der Waals surface area contributed by atoms with E-state index in [2.05, 4.69) is 10.6 Å². The second-order valence-corrected chi connectivity index (χ2v) is 6.25. The highest BCUT2D eigenvalue weighted by molar-refractivity contribution is 5.95. The number of para-hydroxylation sites is 1. The zero-order chi connectivity index (χ0) is 20.5. The molecule has 2 rings (SSSR count). The fourth-order valence-electron chi connectivity index (χ4n) is 2.52. The third-order valence-electron chi connectivity index (χ3n) is 4.04. The maximum atomic E-state index is 12.0. The van der Waals surface area contributed by atoms with Gasteiger partial charge in [-0.15, -0.1) is 0 Å². The van der Waals surface area contributed by atoms with Crippen LogP contribution in [0.4, 0.5) is 11.4 Å². The van der Waals surface area contributed by atoms with Gasteiger partial charge in [-0.3, -0.25) is 14.4 Å². The van der Waals surface area contributed by atoms with E-state index in [1.54, 1.807) is 31.4 Å². The van der Waals surface area contributed by atoms with Gasteiger partial charge in [-0.1, -0.05) is 18.2 Å². The average molecular weight is 384 g/mol. The van der Waals surface area contributed by atoms with E-state index in [9.17, 15) is 14.4 Å². The van der Waals surface area contributed by atoms with Crippen LogP contribution in [-0.4, -0.2) is 31.5 Å². The second kappa shape index (κ2) is 10.1. The summed E-state index contributed by atoms with van der Waals surface area (Å²) in [7, 11) is 1.55. The van der Waals surface area contributed by atoms with Crippen molar-refractivity contribution >= 4 is 29.2 Å². The van der Waals surface area contributed by atoms with Crippen molar-refractivity contribution in [1.29, 1.82) is 0 Å². The molecule has 0 unspecified atom stereocenters. The number of carbonyl (C=O) groups is 3. The average Bonchev–Trinajstić information content (AvgIpc) is 2.68. The number of esters is 1. The SMILES string of the molecule is COc1ccc(NC(=O)COC(=O)CCC(=O)Nc2c(C)cccc2C)cc1. The van der Waals surface area contributed by atoms with E-state index in [0.29, 0.717) is 11.4 Å². The topological polar surface area (TPSA) is 93.7 Å². The Morgan fingerprint density at radius 3 is 2.11 bits per heavy atom. The van der Waals surface area contributed by atoms with E-state index in [-0.39, 0.29) is 18.7 Å². The summed E-state index contributed by atoms with van der Waals surface area (Å²) in [5.74, 6) is -0.680. The quantitative estimate of drug-likeness (QED) is 0.682. The first-order chi connectivity index (χ1) is 13.4. The molecule has 28 heavy (non-hydrogen) atoms. The van der Waals surface area contributed by atoms with E-state index in [0.717, 1.165) is 16.8 Å². The van der Waals surface area contributed by atoms with Gasteiger partial charge in [-0.25, -0.2) is 0 Å². The molecule has 0 aliphatic carbocycles. The van der Waals surface area contributed by atoms with Gasteiger partial charge in [0.2, 0.25) is 5.91 Å². The maximum absolute atomic E-state index is 12.0. The number of aryl methyl sites for hydroxylation is 2. The molecule has 0 saturated heterocycles. The predicted octanol–water partition coefficient (Wildman–Crippen LogP) is 3.21. The molecule has 0 bridgehead atoms. The summed E-state index contributed by atoms with van der Waals surface area (Å²) in [6, 6.07) is 12.5. The molecule has 0 fully saturated rings. The number of rotatable bonds is 8. The molecule has 0 radical (unpaired) electrons. The van der Waals surface area contributed by atoms with Crippen LogP contribution in [0.25, 0.3) is 0 Å². The van der Waals surface area contributed by atoms with Gasteiger partial charge in [0.1, 0.15) is 5.75 Å². The van der Waals surface area contributed by atoms with E-state index in [1.165, 1.54) is 0 Å². The summed E-state index contributed by atoms with van der Waals surface area (Å²) < 4.78 is 9.95. The number of carbonyl (C=O) groups excluding carboxylic acids is 3. The predicted molar refractivity (Wildman–Crippen MR) is 106 cm³/mol. The van der Waals surface area contributed by atoms with Crippen molar-refractivity contribution in [2.24, 2.45) is 0 Å². The Morgan fingerprint density at radius 2 is 1.50 bits per heavy atom. The van der Waals surface area contributed by atoms with Crippen molar-refractivity contribution in [1.82, 2.24) is 0 Å². The minimum Gasteiger partial charge on any atom is -0.497 e. The van der Waals surface area contributed by atoms with Crippen LogP contribution < -0.4 is 15.4 Å². The summed E-state index contributed by atoms with van der Waals surface area (Å²) >= 11 is 0. The molecular formula is C21H24N2O5. The molecule has 148 valence electrons. The Labute approximate surface area is 164 Å². The number of amides is 2. The van der Waals surface area contributed by atoms with E-state index in [1.807, 2.05) is 32.0 Å². The Bertz CT molecular complexity index is 826. The first kappa shape index (κ1) is 21.0. The number of anilines is 2. The second-order valence-electron chi connectivity index (χ2n) is 6.25. The van der Waals surface area contributed by atoms with Crippen molar-refractivity contribution in [2.45, 2.75) is 26.7 Å². The highest BCUT2D eigenvalue weighted by Gasteiger charge is 2.12. The molecule has 0 saturated carbocycles. The summed E-state index contributed by atoms with van der Waals surface area (Å²) in [6.45, 7) is 3.39. The van der Waals surface area contributed by atoms with Crippen LogP contribution in [0.2, 0.25) is 0 Å². The van der Waals surface area contributed by atoms with Gasteiger partial charge >= 0.3 is 5.97 Å². The molecule has 2 aromatic rings. The molecule has 2 aromatic carbocycles. The lowest BCUT2D eigenvalue weighted by molar-refractivity contribution is -0.147. The summed E-state index contributed by atoms with van der Waals surface area (Å²) in [5.41, 5.74) is 3.21. The van der Waals surface area contributed by atoms with Crippen molar-refractivity contribution < 1.29 is 23.9 Å². The van der Waals surface area contributed by atoms with Gasteiger partial charge in [0, 0.05) is 17.8 Å². The Kier molecular flexibility index (Phi) is 7.56. The number of nitrogens with one attached hydrogen (secondary N) is 2. The maximum Gasteiger partial charge on any atom is 0.306 e. The Hall–Kier alpha value is -3.35. The number of ether oxygens (including phenoxy) is 2. The molecular weight excluding hydrogens is 360 g/mol. The van der Waals surface area contributed by atoms with Gasteiger partial charge in [0.15, 0.2) is 6.61 Å². The van der Waals surface area contributed by atoms with Crippen LogP contribution in [0.15, 0.2) is 42.5 Å². The van der Waals surface area contributed by atoms with Crippen LogP contribution in [0, 0.1) is 13.8 Å². The third-order valence-corrected chi connectivity index (χ3v) is 4.04. The molecule has 2 N–H and O–H groups in total.